The summed E-state index contributed by atoms with van der Waals surface area (Å²) >= 11 is 1.58. The van der Waals surface area contributed by atoms with Crippen LogP contribution in [0.1, 0.15) is 30.7 Å². The number of aliphatic hydroxyl groups excluding tert-OH is 1. The summed E-state index contributed by atoms with van der Waals surface area (Å²) in [7, 11) is 0. The van der Waals surface area contributed by atoms with Gasteiger partial charge < -0.3 is 10.4 Å². The van der Waals surface area contributed by atoms with Crippen molar-refractivity contribution in [2.45, 2.75) is 26.8 Å². The van der Waals surface area contributed by atoms with E-state index < -0.39 is 0 Å². The van der Waals surface area contributed by atoms with Crippen LogP contribution in [0.3, 0.4) is 0 Å². The fourth-order valence-electron chi connectivity index (χ4n) is 1.14. The van der Waals surface area contributed by atoms with Gasteiger partial charge in [0.2, 0.25) is 5.91 Å². The van der Waals surface area contributed by atoms with E-state index in [1.165, 1.54) is 0 Å². The van der Waals surface area contributed by atoms with E-state index in [0.717, 1.165) is 10.4 Å². The smallest absolute Gasteiger partial charge is 0.222 e. The normalized spacial score (nSPS) is 9.88. The van der Waals surface area contributed by atoms with Crippen molar-refractivity contribution in [3.8, 4) is 11.8 Å². The molecule has 0 aliphatic carbocycles. The molecule has 0 aliphatic heterocycles. The molecule has 3 nitrogen and oxygen atoms in total. The zero-order valence-corrected chi connectivity index (χ0v) is 10.9. The number of carbonyl (C=O) groups excluding carboxylic acids is 1. The minimum absolute atomic E-state index is 0.0128. The molecule has 0 radical (unpaired) electrons. The lowest BCUT2D eigenvalue weighted by molar-refractivity contribution is -0.124. The number of aliphatic hydroxyl groups is 1. The molecular weight excluding hydrogens is 234 g/mol. The summed E-state index contributed by atoms with van der Waals surface area (Å²) in [5, 5.41) is 13.4. The van der Waals surface area contributed by atoms with Crippen LogP contribution in [0, 0.1) is 17.8 Å². The molecule has 1 amide bonds. The van der Waals surface area contributed by atoms with E-state index in [2.05, 4.69) is 17.2 Å². The molecule has 0 unspecified atom stereocenters. The second-order valence-electron chi connectivity index (χ2n) is 3.95. The fourth-order valence-corrected chi connectivity index (χ4v) is 1.89. The molecule has 0 aromatic carbocycles. The minimum atomic E-state index is 0.0128. The SMILES string of the molecule is CC(C)C(=O)NCc1cc(C#CCCO)cs1. The van der Waals surface area contributed by atoms with Crippen molar-refractivity contribution in [3.05, 3.63) is 21.9 Å². The number of hydrogen-bond acceptors (Lipinski definition) is 3. The quantitative estimate of drug-likeness (QED) is 0.801. The predicted molar refractivity (Wildman–Crippen MR) is 69.6 cm³/mol. The van der Waals surface area contributed by atoms with Gasteiger partial charge in [0.1, 0.15) is 0 Å². The predicted octanol–water partition coefficient (Wildman–Crippen LogP) is 1.75. The summed E-state index contributed by atoms with van der Waals surface area (Å²) in [6.07, 6.45) is 0.495. The Balaban J connectivity index is 2.47. The molecule has 17 heavy (non-hydrogen) atoms. The van der Waals surface area contributed by atoms with E-state index >= 15 is 0 Å². The standard InChI is InChI=1S/C13H17NO2S/c1-10(2)13(16)14-8-12-7-11(9-17-12)5-3-4-6-15/h7,9-10,15H,4,6,8H2,1-2H3,(H,14,16). The van der Waals surface area contributed by atoms with Crippen LogP contribution in [0.15, 0.2) is 11.4 Å². The molecule has 0 aliphatic rings. The van der Waals surface area contributed by atoms with Crippen molar-refractivity contribution in [1.29, 1.82) is 0 Å². The van der Waals surface area contributed by atoms with Gasteiger partial charge in [0.05, 0.1) is 13.2 Å². The number of amides is 1. The summed E-state index contributed by atoms with van der Waals surface area (Å²) in [6, 6.07) is 1.97. The molecule has 4 heteroatoms. The van der Waals surface area contributed by atoms with E-state index in [4.69, 9.17) is 5.11 Å². The molecular formula is C13H17NO2S. The van der Waals surface area contributed by atoms with Gasteiger partial charge in [-0.15, -0.1) is 11.3 Å². The Bertz CT molecular complexity index is 426. The third-order valence-electron chi connectivity index (χ3n) is 2.08. The lowest BCUT2D eigenvalue weighted by Crippen LogP contribution is -2.26. The molecule has 1 aromatic heterocycles. The van der Waals surface area contributed by atoms with Gasteiger partial charge >= 0.3 is 0 Å². The van der Waals surface area contributed by atoms with Gasteiger partial charge in [-0.25, -0.2) is 0 Å². The summed E-state index contributed by atoms with van der Waals surface area (Å²) in [5.74, 6) is 5.91. The molecule has 0 saturated heterocycles. The molecule has 0 saturated carbocycles. The molecule has 0 bridgehead atoms. The number of carbonyl (C=O) groups is 1. The van der Waals surface area contributed by atoms with Crippen molar-refractivity contribution < 1.29 is 9.90 Å². The third kappa shape index (κ3) is 5.03. The maximum absolute atomic E-state index is 11.4. The molecule has 0 spiro atoms. The van der Waals surface area contributed by atoms with Crippen LogP contribution >= 0.6 is 11.3 Å². The van der Waals surface area contributed by atoms with Crippen LogP contribution < -0.4 is 5.32 Å². The highest BCUT2D eigenvalue weighted by Crippen LogP contribution is 2.13. The van der Waals surface area contributed by atoms with Crippen molar-refractivity contribution in [2.24, 2.45) is 5.92 Å². The molecule has 1 heterocycles. The zero-order valence-electron chi connectivity index (χ0n) is 10.1. The molecule has 1 rings (SSSR count). The fraction of sp³-hybridized carbons (Fsp3) is 0.462. The highest BCUT2D eigenvalue weighted by atomic mass is 32.1. The van der Waals surface area contributed by atoms with Crippen LogP contribution in [-0.2, 0) is 11.3 Å². The summed E-state index contributed by atoms with van der Waals surface area (Å²) < 4.78 is 0. The van der Waals surface area contributed by atoms with Crippen LogP contribution in [0.2, 0.25) is 0 Å². The van der Waals surface area contributed by atoms with Gasteiger partial charge in [0.15, 0.2) is 0 Å². The maximum atomic E-state index is 11.4. The van der Waals surface area contributed by atoms with E-state index in [0.29, 0.717) is 13.0 Å². The van der Waals surface area contributed by atoms with Crippen LogP contribution in [0.25, 0.3) is 0 Å². The average Bonchev–Trinajstić information content (AvgIpc) is 2.74. The van der Waals surface area contributed by atoms with Gasteiger partial charge in [-0.05, 0) is 6.07 Å². The topological polar surface area (TPSA) is 49.3 Å². The van der Waals surface area contributed by atoms with Crippen molar-refractivity contribution in [2.75, 3.05) is 6.61 Å². The first-order valence-corrected chi connectivity index (χ1v) is 6.46. The Morgan fingerprint density at radius 2 is 2.35 bits per heavy atom. The van der Waals surface area contributed by atoms with Crippen LogP contribution in [-0.4, -0.2) is 17.6 Å². The van der Waals surface area contributed by atoms with E-state index in [1.807, 2.05) is 25.3 Å². The Hall–Kier alpha value is -1.31. The lowest BCUT2D eigenvalue weighted by Gasteiger charge is -2.05. The van der Waals surface area contributed by atoms with Crippen molar-refractivity contribution >= 4 is 17.2 Å². The van der Waals surface area contributed by atoms with Gasteiger partial charge in [-0.2, -0.15) is 0 Å². The number of hydrogen-bond donors (Lipinski definition) is 2. The van der Waals surface area contributed by atoms with Gasteiger partial charge in [0.25, 0.3) is 0 Å². The maximum Gasteiger partial charge on any atom is 0.222 e. The van der Waals surface area contributed by atoms with E-state index in [9.17, 15) is 4.79 Å². The average molecular weight is 251 g/mol. The first kappa shape index (κ1) is 13.8. The van der Waals surface area contributed by atoms with Crippen LogP contribution in [0.4, 0.5) is 0 Å². The zero-order chi connectivity index (χ0) is 12.7. The van der Waals surface area contributed by atoms with E-state index in [-0.39, 0.29) is 18.4 Å². The molecule has 1 aromatic rings. The summed E-state index contributed by atoms with van der Waals surface area (Å²) in [5.41, 5.74) is 0.942. The summed E-state index contributed by atoms with van der Waals surface area (Å²) in [4.78, 5) is 12.5. The summed E-state index contributed by atoms with van der Waals surface area (Å²) in [6.45, 7) is 4.39. The Labute approximate surface area is 106 Å². The van der Waals surface area contributed by atoms with E-state index in [1.54, 1.807) is 11.3 Å². The molecule has 0 atom stereocenters. The Morgan fingerprint density at radius 3 is 3.00 bits per heavy atom. The molecule has 0 fully saturated rings. The van der Waals surface area contributed by atoms with Gasteiger partial charge in [0, 0.05) is 28.2 Å². The Morgan fingerprint density at radius 1 is 1.59 bits per heavy atom. The second-order valence-corrected chi connectivity index (χ2v) is 4.95. The molecule has 2 N–H and O–H groups in total. The lowest BCUT2D eigenvalue weighted by atomic mass is 10.2. The second kappa shape index (κ2) is 7.10. The largest absolute Gasteiger partial charge is 0.395 e. The monoisotopic (exact) mass is 251 g/mol. The van der Waals surface area contributed by atoms with Crippen molar-refractivity contribution in [3.63, 3.8) is 0 Å². The van der Waals surface area contributed by atoms with Gasteiger partial charge in [-0.3, -0.25) is 4.79 Å². The van der Waals surface area contributed by atoms with Crippen molar-refractivity contribution in [1.82, 2.24) is 5.32 Å². The minimum Gasteiger partial charge on any atom is -0.395 e. The number of thiophene rings is 1. The first-order valence-electron chi connectivity index (χ1n) is 5.58. The third-order valence-corrected chi connectivity index (χ3v) is 3.02. The highest BCUT2D eigenvalue weighted by Gasteiger charge is 2.06. The number of rotatable bonds is 4. The Kier molecular flexibility index (Phi) is 5.75. The molecule has 92 valence electrons. The highest BCUT2D eigenvalue weighted by molar-refractivity contribution is 7.10. The van der Waals surface area contributed by atoms with Gasteiger partial charge in [-0.1, -0.05) is 25.7 Å². The van der Waals surface area contributed by atoms with Crippen LogP contribution in [0.5, 0.6) is 0 Å². The number of nitrogens with one attached hydrogen (secondary N) is 1. The first-order chi connectivity index (χ1) is 8.13.